The van der Waals surface area contributed by atoms with Crippen LogP contribution in [0, 0.1) is 5.92 Å². The molecule has 1 aliphatic carbocycles. The highest BCUT2D eigenvalue weighted by molar-refractivity contribution is 5.97. The van der Waals surface area contributed by atoms with E-state index < -0.39 is 0 Å². The van der Waals surface area contributed by atoms with Crippen molar-refractivity contribution in [2.75, 3.05) is 18.4 Å². The van der Waals surface area contributed by atoms with E-state index in [-0.39, 0.29) is 12.0 Å². The summed E-state index contributed by atoms with van der Waals surface area (Å²) in [7, 11) is 0. The van der Waals surface area contributed by atoms with Crippen molar-refractivity contribution in [2.45, 2.75) is 38.2 Å². The molecule has 1 saturated carbocycles. The number of carbonyl (C=O) groups is 1. The number of aliphatic hydroxyl groups is 1. The predicted molar refractivity (Wildman–Crippen MR) is 78.9 cm³/mol. The molecule has 1 aromatic carbocycles. The van der Waals surface area contributed by atoms with Gasteiger partial charge in [-0.25, -0.2) is 0 Å². The summed E-state index contributed by atoms with van der Waals surface area (Å²) >= 11 is 0. The third-order valence-electron chi connectivity index (χ3n) is 4.40. The SMILES string of the molecule is O=C(NCC1CCC(O)C1)c1cccc2c1CCCN2. The van der Waals surface area contributed by atoms with Gasteiger partial charge in [0.15, 0.2) is 0 Å². The zero-order valence-electron chi connectivity index (χ0n) is 11.7. The molecule has 0 bridgehead atoms. The van der Waals surface area contributed by atoms with Crippen molar-refractivity contribution < 1.29 is 9.90 Å². The van der Waals surface area contributed by atoms with E-state index in [0.717, 1.165) is 55.5 Å². The Balaban J connectivity index is 1.65. The van der Waals surface area contributed by atoms with Crippen LogP contribution in [0.15, 0.2) is 18.2 Å². The third-order valence-corrected chi connectivity index (χ3v) is 4.40. The molecule has 4 nitrogen and oxygen atoms in total. The lowest BCUT2D eigenvalue weighted by Gasteiger charge is -2.21. The van der Waals surface area contributed by atoms with Gasteiger partial charge >= 0.3 is 0 Å². The standard InChI is InChI=1S/C16H22N2O2/c19-12-7-6-11(9-12)10-18-16(20)14-3-1-5-15-13(14)4-2-8-17-15/h1,3,5,11-12,17,19H,2,4,6-10H2,(H,18,20). The molecule has 4 heteroatoms. The van der Waals surface area contributed by atoms with Gasteiger partial charge < -0.3 is 15.7 Å². The van der Waals surface area contributed by atoms with Crippen LogP contribution in [0.2, 0.25) is 0 Å². The quantitative estimate of drug-likeness (QED) is 0.789. The smallest absolute Gasteiger partial charge is 0.251 e. The zero-order chi connectivity index (χ0) is 13.9. The van der Waals surface area contributed by atoms with Crippen molar-refractivity contribution in [1.29, 1.82) is 0 Å². The minimum atomic E-state index is -0.175. The summed E-state index contributed by atoms with van der Waals surface area (Å²) in [5.41, 5.74) is 3.04. The van der Waals surface area contributed by atoms with E-state index in [4.69, 9.17) is 0 Å². The Labute approximate surface area is 119 Å². The average molecular weight is 274 g/mol. The van der Waals surface area contributed by atoms with Gasteiger partial charge in [-0.2, -0.15) is 0 Å². The maximum absolute atomic E-state index is 12.4. The summed E-state index contributed by atoms with van der Waals surface area (Å²) in [6, 6.07) is 5.88. The van der Waals surface area contributed by atoms with Crippen LogP contribution < -0.4 is 10.6 Å². The monoisotopic (exact) mass is 274 g/mol. The number of hydrogen-bond donors (Lipinski definition) is 3. The Morgan fingerprint density at radius 1 is 1.40 bits per heavy atom. The Morgan fingerprint density at radius 3 is 3.10 bits per heavy atom. The van der Waals surface area contributed by atoms with Crippen molar-refractivity contribution in [3.8, 4) is 0 Å². The summed E-state index contributed by atoms with van der Waals surface area (Å²) in [6.07, 6.45) is 4.56. The fraction of sp³-hybridized carbons (Fsp3) is 0.562. The Morgan fingerprint density at radius 2 is 2.30 bits per heavy atom. The number of nitrogens with one attached hydrogen (secondary N) is 2. The van der Waals surface area contributed by atoms with E-state index in [2.05, 4.69) is 10.6 Å². The van der Waals surface area contributed by atoms with Crippen LogP contribution in [-0.2, 0) is 6.42 Å². The molecule has 1 aromatic rings. The summed E-state index contributed by atoms with van der Waals surface area (Å²) in [5, 5.41) is 15.9. The fourth-order valence-electron chi connectivity index (χ4n) is 3.29. The summed E-state index contributed by atoms with van der Waals surface area (Å²) < 4.78 is 0. The minimum absolute atomic E-state index is 0.0203. The molecular weight excluding hydrogens is 252 g/mol. The third kappa shape index (κ3) is 2.80. The van der Waals surface area contributed by atoms with Crippen LogP contribution in [-0.4, -0.2) is 30.2 Å². The molecule has 20 heavy (non-hydrogen) atoms. The van der Waals surface area contributed by atoms with Gasteiger partial charge in [-0.3, -0.25) is 4.79 Å². The van der Waals surface area contributed by atoms with Crippen LogP contribution in [0.5, 0.6) is 0 Å². The van der Waals surface area contributed by atoms with E-state index in [0.29, 0.717) is 12.5 Å². The topological polar surface area (TPSA) is 61.4 Å². The van der Waals surface area contributed by atoms with Gasteiger partial charge in [-0.15, -0.1) is 0 Å². The lowest BCUT2D eigenvalue weighted by Crippen LogP contribution is -2.30. The van der Waals surface area contributed by atoms with Crippen LogP contribution in [0.25, 0.3) is 0 Å². The fourth-order valence-corrected chi connectivity index (χ4v) is 3.29. The molecule has 3 rings (SSSR count). The van der Waals surface area contributed by atoms with Crippen molar-refractivity contribution in [3.63, 3.8) is 0 Å². The van der Waals surface area contributed by atoms with E-state index in [1.165, 1.54) is 0 Å². The van der Waals surface area contributed by atoms with E-state index in [1.54, 1.807) is 0 Å². The second-order valence-corrected chi connectivity index (χ2v) is 5.90. The summed E-state index contributed by atoms with van der Waals surface area (Å²) in [6.45, 7) is 1.66. The van der Waals surface area contributed by atoms with Crippen molar-refractivity contribution >= 4 is 11.6 Å². The Hall–Kier alpha value is -1.55. The molecule has 3 N–H and O–H groups in total. The van der Waals surface area contributed by atoms with Gasteiger partial charge in [0.05, 0.1) is 6.10 Å². The van der Waals surface area contributed by atoms with Gasteiger partial charge in [0.1, 0.15) is 0 Å². The van der Waals surface area contributed by atoms with E-state index >= 15 is 0 Å². The van der Waals surface area contributed by atoms with Gasteiger partial charge in [0.25, 0.3) is 5.91 Å². The molecule has 1 heterocycles. The first-order valence-electron chi connectivity index (χ1n) is 7.56. The van der Waals surface area contributed by atoms with Gasteiger partial charge in [0.2, 0.25) is 0 Å². The molecule has 0 aromatic heterocycles. The normalized spacial score (nSPS) is 24.9. The van der Waals surface area contributed by atoms with Crippen molar-refractivity contribution in [3.05, 3.63) is 29.3 Å². The zero-order valence-corrected chi connectivity index (χ0v) is 11.7. The van der Waals surface area contributed by atoms with Crippen LogP contribution >= 0.6 is 0 Å². The number of aliphatic hydroxyl groups excluding tert-OH is 1. The molecule has 1 fully saturated rings. The number of rotatable bonds is 3. The number of anilines is 1. The maximum atomic E-state index is 12.4. The van der Waals surface area contributed by atoms with E-state index in [9.17, 15) is 9.90 Å². The molecule has 108 valence electrons. The minimum Gasteiger partial charge on any atom is -0.393 e. The molecule has 0 radical (unpaired) electrons. The molecule has 2 unspecified atom stereocenters. The molecule has 0 saturated heterocycles. The number of amides is 1. The maximum Gasteiger partial charge on any atom is 0.251 e. The Kier molecular flexibility index (Phi) is 3.92. The highest BCUT2D eigenvalue weighted by atomic mass is 16.3. The first-order valence-corrected chi connectivity index (χ1v) is 7.56. The molecule has 0 spiro atoms. The van der Waals surface area contributed by atoms with Crippen LogP contribution in [0.3, 0.4) is 0 Å². The van der Waals surface area contributed by atoms with Gasteiger partial charge in [-0.05, 0) is 55.7 Å². The molecule has 1 aliphatic heterocycles. The predicted octanol–water partition coefficient (Wildman–Crippen LogP) is 1.94. The highest BCUT2D eigenvalue weighted by Crippen LogP contribution is 2.26. The molecule has 2 atom stereocenters. The number of carbonyl (C=O) groups excluding carboxylic acids is 1. The average Bonchev–Trinajstić information content (AvgIpc) is 2.90. The second kappa shape index (κ2) is 5.83. The molecular formula is C16H22N2O2. The first-order chi connectivity index (χ1) is 9.74. The lowest BCUT2D eigenvalue weighted by atomic mass is 9.97. The second-order valence-electron chi connectivity index (χ2n) is 5.90. The number of hydrogen-bond acceptors (Lipinski definition) is 3. The number of benzene rings is 1. The largest absolute Gasteiger partial charge is 0.393 e. The summed E-state index contributed by atoms with van der Waals surface area (Å²) in [4.78, 5) is 12.4. The molecule has 1 amide bonds. The molecule has 2 aliphatic rings. The lowest BCUT2D eigenvalue weighted by molar-refractivity contribution is 0.0944. The first kappa shape index (κ1) is 13.4. The number of fused-ring (bicyclic) bond motifs is 1. The van der Waals surface area contributed by atoms with Crippen LogP contribution in [0.4, 0.5) is 5.69 Å². The van der Waals surface area contributed by atoms with Crippen molar-refractivity contribution in [2.24, 2.45) is 5.92 Å². The Bertz CT molecular complexity index is 501. The van der Waals surface area contributed by atoms with Crippen molar-refractivity contribution in [1.82, 2.24) is 5.32 Å². The van der Waals surface area contributed by atoms with Gasteiger partial charge in [0, 0.05) is 24.3 Å². The van der Waals surface area contributed by atoms with E-state index in [1.807, 2.05) is 18.2 Å². The highest BCUT2D eigenvalue weighted by Gasteiger charge is 2.24. The van der Waals surface area contributed by atoms with Crippen LogP contribution in [0.1, 0.15) is 41.6 Å². The summed E-state index contributed by atoms with van der Waals surface area (Å²) in [5.74, 6) is 0.443. The van der Waals surface area contributed by atoms with Gasteiger partial charge in [-0.1, -0.05) is 6.07 Å².